The van der Waals surface area contributed by atoms with E-state index in [1.54, 1.807) is 11.0 Å². The Bertz CT molecular complexity index is 842. The third-order valence-electron chi connectivity index (χ3n) is 3.97. The van der Waals surface area contributed by atoms with Gasteiger partial charge in [0.05, 0.1) is 0 Å². The van der Waals surface area contributed by atoms with Gasteiger partial charge in [-0.2, -0.15) is 0 Å². The Morgan fingerprint density at radius 1 is 1.35 bits per heavy atom. The molecule has 0 radical (unpaired) electrons. The molecule has 1 amide bonds. The summed E-state index contributed by atoms with van der Waals surface area (Å²) in [6, 6.07) is 6.93. The summed E-state index contributed by atoms with van der Waals surface area (Å²) in [6.07, 6.45) is 0.441. The summed E-state index contributed by atoms with van der Waals surface area (Å²) < 4.78 is 5.24. The summed E-state index contributed by atoms with van der Waals surface area (Å²) >= 11 is 1.26. The number of hydrogen-bond donors (Lipinski definition) is 0. The monoisotopic (exact) mass is 331 g/mol. The van der Waals surface area contributed by atoms with Crippen LogP contribution in [0.4, 0.5) is 5.69 Å². The third kappa shape index (κ3) is 3.32. The molecule has 0 saturated carbocycles. The van der Waals surface area contributed by atoms with E-state index in [0.717, 1.165) is 16.6 Å². The zero-order chi connectivity index (χ0) is 16.6. The van der Waals surface area contributed by atoms with Gasteiger partial charge in [0.25, 0.3) is 0 Å². The van der Waals surface area contributed by atoms with E-state index in [9.17, 15) is 14.4 Å². The lowest BCUT2D eigenvalue weighted by molar-refractivity contribution is -0.117. The first-order valence-corrected chi connectivity index (χ1v) is 8.41. The number of benzene rings is 1. The van der Waals surface area contributed by atoms with Gasteiger partial charge in [0.2, 0.25) is 5.91 Å². The molecule has 1 aliphatic heterocycles. The molecular weight excluding hydrogens is 314 g/mol. The van der Waals surface area contributed by atoms with Crippen molar-refractivity contribution >= 4 is 39.4 Å². The highest BCUT2D eigenvalue weighted by Crippen LogP contribution is 2.30. The van der Waals surface area contributed by atoms with E-state index < -0.39 is 5.63 Å². The van der Waals surface area contributed by atoms with Gasteiger partial charge in [-0.3, -0.25) is 9.59 Å². The van der Waals surface area contributed by atoms with Gasteiger partial charge in [0.1, 0.15) is 5.58 Å². The molecule has 2 aromatic rings. The first-order chi connectivity index (χ1) is 10.9. The van der Waals surface area contributed by atoms with Crippen molar-refractivity contribution in [1.29, 1.82) is 0 Å². The van der Waals surface area contributed by atoms with Crippen LogP contribution in [0.5, 0.6) is 0 Å². The number of anilines is 1. The second-order valence-corrected chi connectivity index (χ2v) is 7.00. The van der Waals surface area contributed by atoms with Crippen LogP contribution in [0.1, 0.15) is 18.9 Å². The van der Waals surface area contributed by atoms with Gasteiger partial charge < -0.3 is 9.32 Å². The molecule has 0 aliphatic carbocycles. The van der Waals surface area contributed by atoms with Crippen LogP contribution >= 0.6 is 11.8 Å². The smallest absolute Gasteiger partial charge is 0.336 e. The van der Waals surface area contributed by atoms with E-state index >= 15 is 0 Å². The normalized spacial score (nSPS) is 17.9. The fraction of sp³-hybridized carbons (Fsp3) is 0.353. The van der Waals surface area contributed by atoms with Crippen molar-refractivity contribution in [3.05, 3.63) is 40.2 Å². The van der Waals surface area contributed by atoms with Crippen LogP contribution in [0.3, 0.4) is 0 Å². The number of carbonyl (C=O) groups excluding carboxylic acids is 2. The standard InChI is InChI=1S/C17H17NO4S/c1-10-5-17(21)22-15-7-13(3-4-14(10)15)18-8-12(6-16(18)20)9-23-11(2)19/h3-5,7,12H,6,8-9H2,1-2H3. The molecule has 1 unspecified atom stereocenters. The minimum absolute atomic E-state index is 0.0357. The first-order valence-electron chi connectivity index (χ1n) is 7.42. The SMILES string of the molecule is CC(=O)SCC1CC(=O)N(c2ccc3c(C)cc(=O)oc3c2)C1. The Labute approximate surface area is 137 Å². The molecule has 3 rings (SSSR count). The van der Waals surface area contributed by atoms with Crippen LogP contribution in [-0.4, -0.2) is 23.3 Å². The summed E-state index contributed by atoms with van der Waals surface area (Å²) in [5, 5.41) is 0.933. The quantitative estimate of drug-likeness (QED) is 0.809. The number of nitrogens with zero attached hydrogens (tertiary/aromatic N) is 1. The number of thioether (sulfide) groups is 1. The van der Waals surface area contributed by atoms with Crippen LogP contribution in [0, 0.1) is 12.8 Å². The van der Waals surface area contributed by atoms with Gasteiger partial charge in [-0.1, -0.05) is 11.8 Å². The highest BCUT2D eigenvalue weighted by Gasteiger charge is 2.31. The van der Waals surface area contributed by atoms with Crippen molar-refractivity contribution in [2.24, 2.45) is 5.92 Å². The van der Waals surface area contributed by atoms with Gasteiger partial charge in [-0.05, 0) is 30.5 Å². The second-order valence-electron chi connectivity index (χ2n) is 5.81. The molecule has 2 heterocycles. The molecule has 6 heteroatoms. The molecule has 0 bridgehead atoms. The Kier molecular flexibility index (Phi) is 4.26. The number of amides is 1. The van der Waals surface area contributed by atoms with E-state index in [1.165, 1.54) is 24.8 Å². The fourth-order valence-corrected chi connectivity index (χ4v) is 3.55. The molecule has 5 nitrogen and oxygen atoms in total. The van der Waals surface area contributed by atoms with Gasteiger partial charge in [0, 0.05) is 48.8 Å². The zero-order valence-corrected chi connectivity index (χ0v) is 13.8. The van der Waals surface area contributed by atoms with Crippen molar-refractivity contribution < 1.29 is 14.0 Å². The maximum absolute atomic E-state index is 12.2. The summed E-state index contributed by atoms with van der Waals surface area (Å²) in [4.78, 5) is 36.5. The summed E-state index contributed by atoms with van der Waals surface area (Å²) in [5.74, 6) is 0.851. The van der Waals surface area contributed by atoms with Crippen molar-refractivity contribution in [3.63, 3.8) is 0 Å². The number of rotatable bonds is 3. The number of carbonyl (C=O) groups is 2. The number of aryl methyl sites for hydroxylation is 1. The number of hydrogen-bond acceptors (Lipinski definition) is 5. The average molecular weight is 331 g/mol. The van der Waals surface area contributed by atoms with E-state index in [2.05, 4.69) is 0 Å². The third-order valence-corrected chi connectivity index (χ3v) is 5.02. The molecule has 23 heavy (non-hydrogen) atoms. The van der Waals surface area contributed by atoms with Gasteiger partial charge >= 0.3 is 5.63 Å². The molecule has 0 spiro atoms. The summed E-state index contributed by atoms with van der Waals surface area (Å²) in [7, 11) is 0. The molecule has 120 valence electrons. The molecule has 0 N–H and O–H groups in total. The Balaban J connectivity index is 1.87. The Morgan fingerprint density at radius 3 is 2.87 bits per heavy atom. The molecule has 1 aromatic carbocycles. The van der Waals surface area contributed by atoms with Gasteiger partial charge in [-0.25, -0.2) is 4.79 Å². The minimum Gasteiger partial charge on any atom is -0.423 e. The summed E-state index contributed by atoms with van der Waals surface area (Å²) in [5.41, 5.74) is 1.68. The van der Waals surface area contributed by atoms with Crippen molar-refractivity contribution in [3.8, 4) is 0 Å². The van der Waals surface area contributed by atoms with Crippen LogP contribution in [0.15, 0.2) is 33.5 Å². The largest absolute Gasteiger partial charge is 0.423 e. The van der Waals surface area contributed by atoms with E-state index in [-0.39, 0.29) is 16.9 Å². The molecule has 1 aromatic heterocycles. The minimum atomic E-state index is -0.393. The molecular formula is C17H17NO4S. The van der Waals surface area contributed by atoms with Crippen molar-refractivity contribution in [2.75, 3.05) is 17.2 Å². The van der Waals surface area contributed by atoms with E-state index in [0.29, 0.717) is 24.3 Å². The Hall–Kier alpha value is -2.08. The highest BCUT2D eigenvalue weighted by atomic mass is 32.2. The van der Waals surface area contributed by atoms with Crippen molar-refractivity contribution in [1.82, 2.24) is 0 Å². The lowest BCUT2D eigenvalue weighted by atomic mass is 10.1. The van der Waals surface area contributed by atoms with E-state index in [4.69, 9.17) is 4.42 Å². The fourth-order valence-electron chi connectivity index (χ4n) is 2.86. The first kappa shape index (κ1) is 15.8. The second kappa shape index (κ2) is 6.20. The maximum atomic E-state index is 12.2. The van der Waals surface area contributed by atoms with Crippen LogP contribution in [0.2, 0.25) is 0 Å². The lowest BCUT2D eigenvalue weighted by Gasteiger charge is -2.17. The predicted molar refractivity (Wildman–Crippen MR) is 90.8 cm³/mol. The van der Waals surface area contributed by atoms with Crippen LogP contribution in [-0.2, 0) is 9.59 Å². The highest BCUT2D eigenvalue weighted by molar-refractivity contribution is 8.13. The lowest BCUT2D eigenvalue weighted by Crippen LogP contribution is -2.24. The Morgan fingerprint density at radius 2 is 2.13 bits per heavy atom. The molecule has 1 atom stereocenters. The average Bonchev–Trinajstić information content (AvgIpc) is 2.85. The topological polar surface area (TPSA) is 67.6 Å². The summed E-state index contributed by atoms with van der Waals surface area (Å²) in [6.45, 7) is 3.97. The zero-order valence-electron chi connectivity index (χ0n) is 13.0. The molecule has 1 fully saturated rings. The van der Waals surface area contributed by atoms with Crippen LogP contribution < -0.4 is 10.5 Å². The van der Waals surface area contributed by atoms with E-state index in [1.807, 2.05) is 19.1 Å². The van der Waals surface area contributed by atoms with Gasteiger partial charge in [-0.15, -0.1) is 0 Å². The maximum Gasteiger partial charge on any atom is 0.336 e. The number of fused-ring (bicyclic) bond motifs is 1. The molecule has 1 saturated heterocycles. The molecule has 1 aliphatic rings. The van der Waals surface area contributed by atoms with Crippen molar-refractivity contribution in [2.45, 2.75) is 20.3 Å². The van der Waals surface area contributed by atoms with Gasteiger partial charge in [0.15, 0.2) is 5.12 Å². The predicted octanol–water partition coefficient (Wildman–Crippen LogP) is 2.73. The van der Waals surface area contributed by atoms with Crippen LogP contribution in [0.25, 0.3) is 11.0 Å².